The van der Waals surface area contributed by atoms with Crippen LogP contribution in [-0.2, 0) is 14.3 Å². The summed E-state index contributed by atoms with van der Waals surface area (Å²) < 4.78 is 4.89. The summed E-state index contributed by atoms with van der Waals surface area (Å²) in [4.78, 5) is 25.5. The minimum atomic E-state index is -0.275. The summed E-state index contributed by atoms with van der Waals surface area (Å²) in [6.07, 6.45) is 7.25. The first-order valence-corrected chi connectivity index (χ1v) is 7.39. The van der Waals surface area contributed by atoms with Gasteiger partial charge in [-0.2, -0.15) is 0 Å². The van der Waals surface area contributed by atoms with Crippen molar-refractivity contribution in [1.29, 1.82) is 0 Å². The molecule has 0 saturated heterocycles. The van der Waals surface area contributed by atoms with Crippen molar-refractivity contribution in [3.05, 3.63) is 37.1 Å². The molecule has 0 bridgehead atoms. The van der Waals surface area contributed by atoms with Gasteiger partial charge in [0.25, 0.3) is 0 Å². The molecule has 1 amide bonds. The zero-order chi connectivity index (χ0) is 15.8. The van der Waals surface area contributed by atoms with Crippen LogP contribution in [0.1, 0.15) is 33.1 Å². The fraction of sp³-hybridized carbons (Fsp3) is 0.529. The third-order valence-corrected chi connectivity index (χ3v) is 3.50. The van der Waals surface area contributed by atoms with Gasteiger partial charge in [0.05, 0.1) is 13.0 Å². The van der Waals surface area contributed by atoms with Crippen LogP contribution in [0.4, 0.5) is 0 Å². The number of nitrogens with zero attached hydrogens (tertiary/aromatic N) is 1. The highest BCUT2D eigenvalue weighted by Gasteiger charge is 2.32. The zero-order valence-electron chi connectivity index (χ0n) is 13.0. The van der Waals surface area contributed by atoms with Crippen LogP contribution in [0, 0.1) is 11.8 Å². The van der Waals surface area contributed by atoms with Gasteiger partial charge >= 0.3 is 5.97 Å². The number of hydrogen-bond acceptors (Lipinski definition) is 3. The Labute approximate surface area is 127 Å². The van der Waals surface area contributed by atoms with E-state index >= 15 is 0 Å². The van der Waals surface area contributed by atoms with E-state index in [1.165, 1.54) is 0 Å². The van der Waals surface area contributed by atoms with Crippen LogP contribution in [0.5, 0.6) is 0 Å². The maximum absolute atomic E-state index is 12.5. The topological polar surface area (TPSA) is 46.6 Å². The third kappa shape index (κ3) is 5.21. The Kier molecular flexibility index (Phi) is 6.92. The molecule has 0 radical (unpaired) electrons. The Hall–Kier alpha value is -1.84. The van der Waals surface area contributed by atoms with E-state index < -0.39 is 0 Å². The number of allylic oxidation sites excluding steroid dienone is 3. The van der Waals surface area contributed by atoms with Crippen molar-refractivity contribution in [2.45, 2.75) is 33.1 Å². The number of carbonyl (C=O) groups is 2. The number of hydrogen-bond donors (Lipinski definition) is 0. The molecule has 0 aromatic carbocycles. The molecule has 0 unspecified atom stereocenters. The van der Waals surface area contributed by atoms with E-state index in [9.17, 15) is 9.59 Å². The van der Waals surface area contributed by atoms with Gasteiger partial charge in [-0.1, -0.05) is 17.7 Å². The van der Waals surface area contributed by atoms with Crippen molar-refractivity contribution < 1.29 is 14.3 Å². The minimum absolute atomic E-state index is 0.0490. The standard InChI is InChI=1S/C17H25NO3/c1-5-7-15-14(12-13(3)4)8-10-18(17(15)20)11-9-16(19)21-6-2/h5,8,10,14-15H,1,3,6-7,9,11-12H2,2,4H3/t14-,15-/m1/s1. The average Bonchev–Trinajstić information content (AvgIpc) is 2.42. The maximum Gasteiger partial charge on any atom is 0.307 e. The second kappa shape index (κ2) is 8.45. The van der Waals surface area contributed by atoms with Gasteiger partial charge in [0, 0.05) is 18.7 Å². The highest BCUT2D eigenvalue weighted by atomic mass is 16.5. The van der Waals surface area contributed by atoms with Crippen molar-refractivity contribution in [3.63, 3.8) is 0 Å². The molecule has 0 spiro atoms. The second-order valence-corrected chi connectivity index (χ2v) is 5.38. The highest BCUT2D eigenvalue weighted by Crippen LogP contribution is 2.30. The van der Waals surface area contributed by atoms with E-state index in [0.29, 0.717) is 19.6 Å². The normalized spacial score (nSPS) is 21.2. The van der Waals surface area contributed by atoms with Gasteiger partial charge in [-0.3, -0.25) is 9.59 Å². The largest absolute Gasteiger partial charge is 0.466 e. The molecule has 21 heavy (non-hydrogen) atoms. The van der Waals surface area contributed by atoms with Gasteiger partial charge in [-0.15, -0.1) is 13.2 Å². The van der Waals surface area contributed by atoms with Gasteiger partial charge in [0.1, 0.15) is 0 Å². The Morgan fingerprint density at radius 3 is 2.81 bits per heavy atom. The molecule has 1 aliphatic rings. The van der Waals surface area contributed by atoms with Crippen LogP contribution in [0.15, 0.2) is 37.1 Å². The molecule has 4 nitrogen and oxygen atoms in total. The lowest BCUT2D eigenvalue weighted by atomic mass is 9.82. The van der Waals surface area contributed by atoms with E-state index in [-0.39, 0.29) is 30.1 Å². The van der Waals surface area contributed by atoms with Crippen molar-refractivity contribution in [2.75, 3.05) is 13.2 Å². The first-order valence-electron chi connectivity index (χ1n) is 7.39. The molecule has 2 atom stereocenters. The molecule has 0 aromatic rings. The van der Waals surface area contributed by atoms with Crippen molar-refractivity contribution in [2.24, 2.45) is 11.8 Å². The average molecular weight is 291 g/mol. The summed E-state index contributed by atoms with van der Waals surface area (Å²) in [5.41, 5.74) is 1.06. The summed E-state index contributed by atoms with van der Waals surface area (Å²) in [7, 11) is 0. The molecular weight excluding hydrogens is 266 g/mol. The van der Waals surface area contributed by atoms with Crippen LogP contribution in [0.3, 0.4) is 0 Å². The smallest absolute Gasteiger partial charge is 0.307 e. The van der Waals surface area contributed by atoms with E-state index in [4.69, 9.17) is 4.74 Å². The molecule has 0 aromatic heterocycles. The predicted molar refractivity (Wildman–Crippen MR) is 83.3 cm³/mol. The van der Waals surface area contributed by atoms with Gasteiger partial charge in [-0.25, -0.2) is 0 Å². The molecule has 1 heterocycles. The Balaban J connectivity index is 2.71. The van der Waals surface area contributed by atoms with Crippen LogP contribution in [0.2, 0.25) is 0 Å². The van der Waals surface area contributed by atoms with Gasteiger partial charge in [0.2, 0.25) is 5.91 Å². The van der Waals surface area contributed by atoms with E-state index in [0.717, 1.165) is 12.0 Å². The molecule has 4 heteroatoms. The number of carbonyl (C=O) groups excluding carboxylic acids is 2. The summed E-state index contributed by atoms with van der Waals surface area (Å²) in [5.74, 6) is -0.186. The Morgan fingerprint density at radius 2 is 2.24 bits per heavy atom. The predicted octanol–water partition coefficient (Wildman–Crippen LogP) is 3.07. The van der Waals surface area contributed by atoms with Gasteiger partial charge < -0.3 is 9.64 Å². The number of ether oxygens (including phenoxy) is 1. The first kappa shape index (κ1) is 17.2. The number of rotatable bonds is 8. The van der Waals surface area contributed by atoms with Crippen LogP contribution in [-0.4, -0.2) is 29.9 Å². The fourth-order valence-corrected chi connectivity index (χ4v) is 2.52. The third-order valence-electron chi connectivity index (χ3n) is 3.50. The minimum Gasteiger partial charge on any atom is -0.466 e. The molecule has 116 valence electrons. The van der Waals surface area contributed by atoms with Crippen molar-refractivity contribution >= 4 is 11.9 Å². The lowest BCUT2D eigenvalue weighted by molar-refractivity contribution is -0.144. The van der Waals surface area contributed by atoms with E-state index in [2.05, 4.69) is 13.2 Å². The summed E-state index contributed by atoms with van der Waals surface area (Å²) in [6, 6.07) is 0. The van der Waals surface area contributed by atoms with Crippen LogP contribution in [0.25, 0.3) is 0 Å². The highest BCUT2D eigenvalue weighted by molar-refractivity contribution is 5.82. The lowest BCUT2D eigenvalue weighted by Gasteiger charge is -2.32. The Bertz CT molecular complexity index is 439. The van der Waals surface area contributed by atoms with E-state index in [1.807, 2.05) is 13.0 Å². The summed E-state index contributed by atoms with van der Waals surface area (Å²) >= 11 is 0. The molecule has 0 aliphatic carbocycles. The fourth-order valence-electron chi connectivity index (χ4n) is 2.52. The van der Waals surface area contributed by atoms with Gasteiger partial charge in [-0.05, 0) is 32.6 Å². The van der Waals surface area contributed by atoms with E-state index in [1.54, 1.807) is 24.1 Å². The Morgan fingerprint density at radius 1 is 1.52 bits per heavy atom. The molecular formula is C17H25NO3. The number of esters is 1. The second-order valence-electron chi connectivity index (χ2n) is 5.38. The summed E-state index contributed by atoms with van der Waals surface area (Å²) in [5, 5.41) is 0. The van der Waals surface area contributed by atoms with Gasteiger partial charge in [0.15, 0.2) is 0 Å². The molecule has 1 rings (SSSR count). The molecule has 0 fully saturated rings. The zero-order valence-corrected chi connectivity index (χ0v) is 13.0. The maximum atomic E-state index is 12.5. The van der Waals surface area contributed by atoms with Crippen LogP contribution >= 0.6 is 0 Å². The summed E-state index contributed by atoms with van der Waals surface area (Å²) in [6.45, 7) is 12.1. The molecule has 0 N–H and O–H groups in total. The lowest BCUT2D eigenvalue weighted by Crippen LogP contribution is -2.40. The number of amides is 1. The molecule has 0 saturated carbocycles. The SMILES string of the molecule is C=CC[C@H]1C(=O)N(CCC(=O)OCC)C=C[C@@H]1CC(=C)C. The van der Waals surface area contributed by atoms with Crippen LogP contribution < -0.4 is 0 Å². The monoisotopic (exact) mass is 291 g/mol. The first-order chi connectivity index (χ1) is 9.99. The van der Waals surface area contributed by atoms with Crippen molar-refractivity contribution in [1.82, 2.24) is 4.90 Å². The molecule has 1 aliphatic heterocycles. The quantitative estimate of drug-likeness (QED) is 0.510. The van der Waals surface area contributed by atoms with Crippen molar-refractivity contribution in [3.8, 4) is 0 Å².